The normalized spacial score (nSPS) is 32.1. The molecule has 0 aromatic rings. The summed E-state index contributed by atoms with van der Waals surface area (Å²) in [5.74, 6) is -6.81. The minimum Gasteiger partial charge on any atom is -0.481 e. The molecule has 10 nitrogen and oxygen atoms in total. The second-order valence-electron chi connectivity index (χ2n) is 8.90. The fourth-order valence-corrected chi connectivity index (χ4v) is 5.31. The minimum absolute atomic E-state index is 0.214. The summed E-state index contributed by atoms with van der Waals surface area (Å²) in [5.41, 5.74) is -0.220. The lowest BCUT2D eigenvalue weighted by Gasteiger charge is -2.45. The Labute approximate surface area is 174 Å². The summed E-state index contributed by atoms with van der Waals surface area (Å²) in [4.78, 5) is 48.3. The summed E-state index contributed by atoms with van der Waals surface area (Å²) >= 11 is 0. The van der Waals surface area contributed by atoms with E-state index in [9.17, 15) is 39.6 Å². The topological polar surface area (TPSA) is 164 Å². The molecule has 0 spiro atoms. The van der Waals surface area contributed by atoms with Crippen molar-refractivity contribution in [3.8, 4) is 0 Å². The van der Waals surface area contributed by atoms with Gasteiger partial charge in [0, 0.05) is 30.5 Å². The van der Waals surface area contributed by atoms with Crippen LogP contribution in [0.15, 0.2) is 12.2 Å². The molecule has 0 saturated carbocycles. The highest BCUT2D eigenvalue weighted by atomic mass is 16.4. The van der Waals surface area contributed by atoms with Crippen molar-refractivity contribution in [3.05, 3.63) is 12.2 Å². The smallest absolute Gasteiger partial charge is 0.321 e. The second kappa shape index (κ2) is 8.73. The average molecular weight is 426 g/mol. The van der Waals surface area contributed by atoms with Crippen LogP contribution in [0.5, 0.6) is 0 Å². The molecule has 6 atom stereocenters. The first-order valence-electron chi connectivity index (χ1n) is 9.83. The highest BCUT2D eigenvalue weighted by Crippen LogP contribution is 2.45. The van der Waals surface area contributed by atoms with Crippen molar-refractivity contribution < 1.29 is 39.6 Å². The molecule has 0 aromatic heterocycles. The summed E-state index contributed by atoms with van der Waals surface area (Å²) in [5, 5.41) is 41.0. The average Bonchev–Trinajstić information content (AvgIpc) is 3.16. The molecule has 168 valence electrons. The Balaban J connectivity index is 2.46. The van der Waals surface area contributed by atoms with Gasteiger partial charge in [0.1, 0.15) is 12.1 Å². The maximum absolute atomic E-state index is 12.2. The molecule has 0 aromatic carbocycles. The summed E-state index contributed by atoms with van der Waals surface area (Å²) in [6.07, 6.45) is -0.702. The number of likely N-dealkylation sites (tertiary alicyclic amines) is 1. The van der Waals surface area contributed by atoms with Crippen LogP contribution in [0.1, 0.15) is 33.6 Å². The van der Waals surface area contributed by atoms with E-state index >= 15 is 0 Å². The first kappa shape index (κ1) is 23.8. The van der Waals surface area contributed by atoms with Crippen molar-refractivity contribution in [2.75, 3.05) is 13.1 Å². The lowest BCUT2D eigenvalue weighted by Crippen LogP contribution is -2.57. The van der Waals surface area contributed by atoms with E-state index in [1.54, 1.807) is 25.7 Å². The Morgan fingerprint density at radius 1 is 1.00 bits per heavy atom. The predicted molar refractivity (Wildman–Crippen MR) is 105 cm³/mol. The van der Waals surface area contributed by atoms with Crippen LogP contribution in [-0.4, -0.2) is 79.9 Å². The first-order chi connectivity index (χ1) is 13.8. The standard InChI is InChI=1S/C20H30N2O8/c1-9(2)12-8-22(17(19(29)30)10(12)5-14(23)24)20(3,4)13-7-21-16(18(27)28)11(13)6-15(25)26/h10-13,16-17,21H,1,5-8H2,2-4H3,(H,23,24)(H,25,26)(H,27,28)(H,29,30)/t10-,11-,12+,13-,16-,17-/m0/s1. The molecule has 0 unspecified atom stereocenters. The van der Waals surface area contributed by atoms with Crippen molar-refractivity contribution in [2.45, 2.75) is 51.2 Å². The third-order valence-electron chi connectivity index (χ3n) is 6.77. The molecule has 0 radical (unpaired) electrons. The summed E-state index contributed by atoms with van der Waals surface area (Å²) in [6, 6.07) is -2.16. The molecule has 2 aliphatic heterocycles. The molecule has 5 N–H and O–H groups in total. The van der Waals surface area contributed by atoms with Gasteiger partial charge in [0.25, 0.3) is 0 Å². The molecule has 2 fully saturated rings. The number of rotatable bonds is 9. The number of nitrogens with zero attached hydrogens (tertiary/aromatic N) is 1. The van der Waals surface area contributed by atoms with Crippen LogP contribution in [-0.2, 0) is 19.2 Å². The van der Waals surface area contributed by atoms with Gasteiger partial charge in [-0.2, -0.15) is 0 Å². The van der Waals surface area contributed by atoms with Gasteiger partial charge < -0.3 is 25.7 Å². The van der Waals surface area contributed by atoms with Gasteiger partial charge in [-0.25, -0.2) is 0 Å². The molecule has 2 saturated heterocycles. The Morgan fingerprint density at radius 3 is 1.97 bits per heavy atom. The van der Waals surface area contributed by atoms with E-state index in [4.69, 9.17) is 0 Å². The molecular weight excluding hydrogens is 396 g/mol. The Hall–Kier alpha value is -2.46. The fourth-order valence-electron chi connectivity index (χ4n) is 5.31. The molecule has 0 bridgehead atoms. The zero-order chi connectivity index (χ0) is 23.0. The zero-order valence-electron chi connectivity index (χ0n) is 17.4. The largest absolute Gasteiger partial charge is 0.481 e. The van der Waals surface area contributed by atoms with E-state index in [0.717, 1.165) is 0 Å². The Bertz CT molecular complexity index is 749. The molecule has 2 heterocycles. The van der Waals surface area contributed by atoms with Crippen molar-refractivity contribution in [2.24, 2.45) is 23.7 Å². The van der Waals surface area contributed by atoms with Crippen molar-refractivity contribution in [3.63, 3.8) is 0 Å². The van der Waals surface area contributed by atoms with E-state index in [1.807, 2.05) is 0 Å². The van der Waals surface area contributed by atoms with Crippen LogP contribution in [0.3, 0.4) is 0 Å². The maximum atomic E-state index is 12.2. The Kier molecular flexibility index (Phi) is 6.93. The number of carboxylic acids is 4. The van der Waals surface area contributed by atoms with Gasteiger partial charge >= 0.3 is 23.9 Å². The number of aliphatic carboxylic acids is 4. The zero-order valence-corrected chi connectivity index (χ0v) is 17.4. The number of hydrogen-bond donors (Lipinski definition) is 5. The van der Waals surface area contributed by atoms with Crippen molar-refractivity contribution in [1.29, 1.82) is 0 Å². The molecule has 2 rings (SSSR count). The fraction of sp³-hybridized carbons (Fsp3) is 0.700. The summed E-state index contributed by atoms with van der Waals surface area (Å²) in [6.45, 7) is 9.66. The lowest BCUT2D eigenvalue weighted by molar-refractivity contribution is -0.150. The number of nitrogens with one attached hydrogen (secondary N) is 1. The molecule has 2 aliphatic rings. The molecule has 10 heteroatoms. The third-order valence-corrected chi connectivity index (χ3v) is 6.77. The molecule has 30 heavy (non-hydrogen) atoms. The van der Waals surface area contributed by atoms with Crippen LogP contribution in [0.4, 0.5) is 0 Å². The van der Waals surface area contributed by atoms with Crippen molar-refractivity contribution in [1.82, 2.24) is 10.2 Å². The SMILES string of the molecule is C=C(C)[C@H]1CN(C(C)(C)[C@H]2CN[C@H](C(=O)O)[C@H]2CC(=O)O)[C@H](C(=O)O)[C@H]1CC(=O)O. The van der Waals surface area contributed by atoms with Crippen LogP contribution in [0.2, 0.25) is 0 Å². The van der Waals surface area contributed by atoms with Crippen LogP contribution in [0.25, 0.3) is 0 Å². The summed E-state index contributed by atoms with van der Waals surface area (Å²) < 4.78 is 0. The third kappa shape index (κ3) is 4.49. The van der Waals surface area contributed by atoms with Gasteiger partial charge in [-0.05, 0) is 32.6 Å². The quantitative estimate of drug-likeness (QED) is 0.329. The van der Waals surface area contributed by atoms with Crippen LogP contribution in [0, 0.1) is 23.7 Å². The molecule has 0 amide bonds. The van der Waals surface area contributed by atoms with E-state index in [1.165, 1.54) is 0 Å². The molecule has 0 aliphatic carbocycles. The maximum Gasteiger partial charge on any atom is 0.321 e. The first-order valence-corrected chi connectivity index (χ1v) is 9.83. The highest BCUT2D eigenvalue weighted by Gasteiger charge is 2.56. The van der Waals surface area contributed by atoms with Gasteiger partial charge in [-0.1, -0.05) is 12.2 Å². The van der Waals surface area contributed by atoms with E-state index in [0.29, 0.717) is 5.57 Å². The minimum atomic E-state index is -1.16. The van der Waals surface area contributed by atoms with Gasteiger partial charge in [0.05, 0.1) is 12.8 Å². The number of carbonyl (C=O) groups is 4. The van der Waals surface area contributed by atoms with Gasteiger partial charge in [-0.3, -0.25) is 24.1 Å². The number of hydrogen-bond acceptors (Lipinski definition) is 6. The lowest BCUT2D eigenvalue weighted by atomic mass is 9.74. The summed E-state index contributed by atoms with van der Waals surface area (Å²) in [7, 11) is 0. The van der Waals surface area contributed by atoms with E-state index in [2.05, 4.69) is 11.9 Å². The number of carboxylic acid groups (broad SMARTS) is 4. The molecular formula is C20H30N2O8. The Morgan fingerprint density at radius 2 is 1.53 bits per heavy atom. The van der Waals surface area contributed by atoms with Gasteiger partial charge in [-0.15, -0.1) is 0 Å². The van der Waals surface area contributed by atoms with E-state index in [-0.39, 0.29) is 31.8 Å². The second-order valence-corrected chi connectivity index (χ2v) is 8.90. The highest BCUT2D eigenvalue weighted by molar-refractivity contribution is 5.78. The van der Waals surface area contributed by atoms with Crippen LogP contribution >= 0.6 is 0 Å². The van der Waals surface area contributed by atoms with Gasteiger partial charge in [0.15, 0.2) is 0 Å². The van der Waals surface area contributed by atoms with Crippen molar-refractivity contribution >= 4 is 23.9 Å². The monoisotopic (exact) mass is 426 g/mol. The van der Waals surface area contributed by atoms with Gasteiger partial charge in [0.2, 0.25) is 0 Å². The van der Waals surface area contributed by atoms with Crippen LogP contribution < -0.4 is 5.32 Å². The predicted octanol–water partition coefficient (Wildman–Crippen LogP) is 0.581. The van der Waals surface area contributed by atoms with E-state index < -0.39 is 59.3 Å².